The molecule has 1 aromatic carbocycles. The van der Waals surface area contributed by atoms with Crippen molar-refractivity contribution in [2.75, 3.05) is 19.0 Å². The SMILES string of the molecule is CC(=O)N[C@H](Cc1cc(N(C)C)nc(C2CC2)n1)c1cccc(C)c1. The fourth-order valence-electron chi connectivity index (χ4n) is 2.95. The summed E-state index contributed by atoms with van der Waals surface area (Å²) in [5, 5.41) is 3.07. The number of carbonyl (C=O) groups excluding carboxylic acids is 1. The van der Waals surface area contributed by atoms with Crippen LogP contribution in [0, 0.1) is 6.92 Å². The number of nitrogens with one attached hydrogen (secondary N) is 1. The van der Waals surface area contributed by atoms with Gasteiger partial charge in [0.05, 0.1) is 6.04 Å². The van der Waals surface area contributed by atoms with Crippen LogP contribution in [0.1, 0.15) is 54.4 Å². The van der Waals surface area contributed by atoms with Crippen molar-refractivity contribution < 1.29 is 4.79 Å². The number of anilines is 1. The highest BCUT2D eigenvalue weighted by atomic mass is 16.1. The van der Waals surface area contributed by atoms with E-state index in [9.17, 15) is 4.79 Å². The first-order valence-corrected chi connectivity index (χ1v) is 8.81. The van der Waals surface area contributed by atoms with Crippen LogP contribution in [0.4, 0.5) is 5.82 Å². The van der Waals surface area contributed by atoms with Crippen LogP contribution in [0.15, 0.2) is 30.3 Å². The van der Waals surface area contributed by atoms with Crippen LogP contribution < -0.4 is 10.2 Å². The maximum absolute atomic E-state index is 11.7. The summed E-state index contributed by atoms with van der Waals surface area (Å²) in [7, 11) is 3.99. The Kier molecular flexibility index (Phi) is 5.02. The number of rotatable bonds is 6. The molecule has 5 heteroatoms. The smallest absolute Gasteiger partial charge is 0.217 e. The molecule has 1 fully saturated rings. The molecule has 1 atom stereocenters. The fraction of sp³-hybridized carbons (Fsp3) is 0.450. The van der Waals surface area contributed by atoms with Gasteiger partial charge in [-0.3, -0.25) is 4.79 Å². The zero-order chi connectivity index (χ0) is 18.0. The van der Waals surface area contributed by atoms with Gasteiger partial charge in [-0.05, 0) is 25.3 Å². The van der Waals surface area contributed by atoms with Crippen molar-refractivity contribution in [3.63, 3.8) is 0 Å². The predicted octanol–water partition coefficient (Wildman–Crippen LogP) is 3.15. The second kappa shape index (κ2) is 7.21. The molecule has 0 aliphatic heterocycles. The largest absolute Gasteiger partial charge is 0.363 e. The van der Waals surface area contributed by atoms with Gasteiger partial charge in [0, 0.05) is 45.1 Å². The molecular weight excluding hydrogens is 312 g/mol. The molecule has 1 aromatic heterocycles. The molecule has 25 heavy (non-hydrogen) atoms. The van der Waals surface area contributed by atoms with Crippen molar-refractivity contribution in [2.45, 2.75) is 45.1 Å². The van der Waals surface area contributed by atoms with E-state index in [1.54, 1.807) is 6.92 Å². The van der Waals surface area contributed by atoms with Crippen molar-refractivity contribution in [3.8, 4) is 0 Å². The van der Waals surface area contributed by atoms with Crippen LogP contribution in [-0.2, 0) is 11.2 Å². The molecule has 1 aliphatic carbocycles. The van der Waals surface area contributed by atoms with E-state index in [1.807, 2.05) is 31.1 Å². The number of amides is 1. The van der Waals surface area contributed by atoms with Crippen LogP contribution in [0.3, 0.4) is 0 Å². The fourth-order valence-corrected chi connectivity index (χ4v) is 2.95. The Balaban J connectivity index is 1.91. The monoisotopic (exact) mass is 338 g/mol. The van der Waals surface area contributed by atoms with E-state index in [4.69, 9.17) is 4.98 Å². The lowest BCUT2D eigenvalue weighted by atomic mass is 9.99. The maximum atomic E-state index is 11.7. The van der Waals surface area contributed by atoms with E-state index >= 15 is 0 Å². The van der Waals surface area contributed by atoms with Crippen molar-refractivity contribution in [3.05, 3.63) is 53.0 Å². The van der Waals surface area contributed by atoms with Gasteiger partial charge in [0.1, 0.15) is 11.6 Å². The molecule has 0 saturated heterocycles. The van der Waals surface area contributed by atoms with Gasteiger partial charge in [-0.2, -0.15) is 0 Å². The Hall–Kier alpha value is -2.43. The Morgan fingerprint density at radius 1 is 1.28 bits per heavy atom. The van der Waals surface area contributed by atoms with Crippen molar-refractivity contribution in [1.82, 2.24) is 15.3 Å². The average Bonchev–Trinajstić information content (AvgIpc) is 3.38. The van der Waals surface area contributed by atoms with Gasteiger partial charge in [-0.25, -0.2) is 9.97 Å². The predicted molar refractivity (Wildman–Crippen MR) is 99.8 cm³/mol. The molecule has 1 heterocycles. The molecular formula is C20H26N4O. The van der Waals surface area contributed by atoms with Crippen molar-refractivity contribution in [2.24, 2.45) is 0 Å². The van der Waals surface area contributed by atoms with Gasteiger partial charge in [-0.15, -0.1) is 0 Å². The second-order valence-electron chi connectivity index (χ2n) is 7.12. The van der Waals surface area contributed by atoms with Gasteiger partial charge in [-0.1, -0.05) is 29.8 Å². The van der Waals surface area contributed by atoms with Crippen LogP contribution in [0.2, 0.25) is 0 Å². The van der Waals surface area contributed by atoms with E-state index in [2.05, 4.69) is 35.4 Å². The van der Waals surface area contributed by atoms with Crippen molar-refractivity contribution in [1.29, 1.82) is 0 Å². The number of aromatic nitrogens is 2. The first-order valence-electron chi connectivity index (χ1n) is 8.81. The van der Waals surface area contributed by atoms with Crippen LogP contribution in [0.5, 0.6) is 0 Å². The van der Waals surface area contributed by atoms with Gasteiger partial charge in [0.25, 0.3) is 0 Å². The summed E-state index contributed by atoms with van der Waals surface area (Å²) in [5.41, 5.74) is 3.26. The molecule has 2 aromatic rings. The molecule has 0 unspecified atom stereocenters. The van der Waals surface area contributed by atoms with Gasteiger partial charge < -0.3 is 10.2 Å². The lowest BCUT2D eigenvalue weighted by Crippen LogP contribution is -2.28. The van der Waals surface area contributed by atoms with Gasteiger partial charge in [0.15, 0.2) is 0 Å². The third kappa shape index (κ3) is 4.56. The summed E-state index contributed by atoms with van der Waals surface area (Å²) in [5.74, 6) is 2.33. The number of benzene rings is 1. The first-order chi connectivity index (χ1) is 11.9. The van der Waals surface area contributed by atoms with Crippen LogP contribution in [-0.4, -0.2) is 30.0 Å². The minimum atomic E-state index is -0.0886. The summed E-state index contributed by atoms with van der Waals surface area (Å²) >= 11 is 0. The molecule has 1 saturated carbocycles. The summed E-state index contributed by atoms with van der Waals surface area (Å²) in [4.78, 5) is 23.2. The molecule has 0 spiro atoms. The minimum Gasteiger partial charge on any atom is -0.363 e. The molecule has 0 bridgehead atoms. The van der Waals surface area contributed by atoms with E-state index in [0.29, 0.717) is 12.3 Å². The number of hydrogen-bond acceptors (Lipinski definition) is 4. The molecule has 0 radical (unpaired) electrons. The van der Waals surface area contributed by atoms with E-state index in [1.165, 1.54) is 18.4 Å². The van der Waals surface area contributed by atoms with E-state index in [-0.39, 0.29) is 11.9 Å². The third-order valence-corrected chi connectivity index (χ3v) is 4.42. The number of nitrogens with zero attached hydrogens (tertiary/aromatic N) is 3. The second-order valence-corrected chi connectivity index (χ2v) is 7.12. The molecule has 5 nitrogen and oxygen atoms in total. The minimum absolute atomic E-state index is 0.0317. The Bertz CT molecular complexity index is 748. The highest BCUT2D eigenvalue weighted by Crippen LogP contribution is 2.38. The quantitative estimate of drug-likeness (QED) is 0.879. The van der Waals surface area contributed by atoms with Crippen LogP contribution >= 0.6 is 0 Å². The maximum Gasteiger partial charge on any atom is 0.217 e. The summed E-state index contributed by atoms with van der Waals surface area (Å²) in [6.07, 6.45) is 3.00. The Labute approximate surface area is 149 Å². The Morgan fingerprint density at radius 3 is 2.64 bits per heavy atom. The number of hydrogen-bond donors (Lipinski definition) is 1. The molecule has 1 N–H and O–H groups in total. The summed E-state index contributed by atoms with van der Waals surface area (Å²) < 4.78 is 0. The van der Waals surface area contributed by atoms with Gasteiger partial charge >= 0.3 is 0 Å². The van der Waals surface area contributed by atoms with Crippen LogP contribution in [0.25, 0.3) is 0 Å². The summed E-state index contributed by atoms with van der Waals surface area (Å²) in [6.45, 7) is 3.62. The first kappa shape index (κ1) is 17.4. The highest BCUT2D eigenvalue weighted by Gasteiger charge is 2.28. The summed E-state index contributed by atoms with van der Waals surface area (Å²) in [6, 6.07) is 10.2. The zero-order valence-corrected chi connectivity index (χ0v) is 15.4. The lowest BCUT2D eigenvalue weighted by molar-refractivity contribution is -0.119. The number of aryl methyl sites for hydroxylation is 1. The Morgan fingerprint density at radius 2 is 2.04 bits per heavy atom. The normalized spacial score (nSPS) is 14.9. The molecule has 132 valence electrons. The topological polar surface area (TPSA) is 58.1 Å². The third-order valence-electron chi connectivity index (χ3n) is 4.42. The zero-order valence-electron chi connectivity index (χ0n) is 15.4. The lowest BCUT2D eigenvalue weighted by Gasteiger charge is -2.20. The van der Waals surface area contributed by atoms with Crippen molar-refractivity contribution >= 4 is 11.7 Å². The standard InChI is InChI=1S/C20H26N4O/c1-13-6-5-7-16(10-13)18(21-14(2)25)11-17-12-19(24(3)4)23-20(22-17)15-8-9-15/h5-7,10,12,15,18H,8-9,11H2,1-4H3,(H,21,25)/t18-/m1/s1. The highest BCUT2D eigenvalue weighted by molar-refractivity contribution is 5.73. The van der Waals surface area contributed by atoms with E-state index < -0.39 is 0 Å². The van der Waals surface area contributed by atoms with E-state index in [0.717, 1.165) is 22.9 Å². The number of carbonyl (C=O) groups is 1. The van der Waals surface area contributed by atoms with Gasteiger partial charge in [0.2, 0.25) is 5.91 Å². The molecule has 1 amide bonds. The average molecular weight is 338 g/mol. The molecule has 1 aliphatic rings. The molecule has 3 rings (SSSR count).